The smallest absolute Gasteiger partial charge is 0.153 e. The Morgan fingerprint density at radius 3 is 2.27 bits per heavy atom. The van der Waals surface area contributed by atoms with Crippen LogP contribution < -0.4 is 9.64 Å². The van der Waals surface area contributed by atoms with Crippen molar-refractivity contribution in [1.29, 1.82) is 0 Å². The van der Waals surface area contributed by atoms with Gasteiger partial charge in [0, 0.05) is 57.7 Å². The molecule has 4 atom stereocenters. The van der Waals surface area contributed by atoms with Gasteiger partial charge in [-0.25, -0.2) is 0 Å². The molecule has 0 saturated heterocycles. The van der Waals surface area contributed by atoms with E-state index in [2.05, 4.69) is 157 Å². The topological polar surface area (TPSA) is 38.5 Å². The van der Waals surface area contributed by atoms with Crippen LogP contribution in [0.15, 0.2) is 168 Å². The molecule has 5 aromatic carbocycles. The number of rotatable bonds is 4. The Hall–Kier alpha value is -6.13. The van der Waals surface area contributed by atoms with Gasteiger partial charge in [-0.05, 0) is 99.3 Å². The van der Waals surface area contributed by atoms with E-state index in [1.54, 1.807) is 6.20 Å². The van der Waals surface area contributed by atoms with Crippen molar-refractivity contribution in [2.45, 2.75) is 37.2 Å². The standard InChI is InChI=1S/C48H36N2O2/c1-48(2)40-15-8-7-12-35(40)36-23-21-31(26-41(36)48)50(30-19-17-29(18-20-30)44-28-42-43(51-44)16-9-25-49-42)32-22-24-39-45(27-32)52-47-38-14-6-4-11-34(38)33-10-3-5-13-37(33)46(39)47/h3-28,35,39-40,45H,1-2H3. The first-order valence-corrected chi connectivity index (χ1v) is 18.3. The number of benzene rings is 5. The van der Waals surface area contributed by atoms with E-state index < -0.39 is 0 Å². The lowest BCUT2D eigenvalue weighted by atomic mass is 9.74. The van der Waals surface area contributed by atoms with Gasteiger partial charge in [-0.15, -0.1) is 0 Å². The van der Waals surface area contributed by atoms with Gasteiger partial charge in [0.1, 0.15) is 23.1 Å². The van der Waals surface area contributed by atoms with Gasteiger partial charge in [0.25, 0.3) is 0 Å². The molecular weight excluding hydrogens is 637 g/mol. The Kier molecular flexibility index (Phi) is 6.22. The van der Waals surface area contributed by atoms with Crippen LogP contribution in [-0.4, -0.2) is 11.1 Å². The van der Waals surface area contributed by atoms with Crippen molar-refractivity contribution in [3.05, 3.63) is 180 Å². The highest BCUT2D eigenvalue weighted by atomic mass is 16.5. The van der Waals surface area contributed by atoms with E-state index in [4.69, 9.17) is 9.15 Å². The number of fused-ring (bicyclic) bond motifs is 12. The van der Waals surface area contributed by atoms with Crippen LogP contribution in [0.5, 0.6) is 5.75 Å². The monoisotopic (exact) mass is 672 g/mol. The fourth-order valence-corrected chi connectivity index (χ4v) is 9.43. The number of hydrogen-bond acceptors (Lipinski definition) is 4. The van der Waals surface area contributed by atoms with Gasteiger partial charge in [-0.1, -0.05) is 98.8 Å². The molecule has 0 N–H and O–H groups in total. The Bertz CT molecular complexity index is 2690. The molecular formula is C48H36N2O2. The highest BCUT2D eigenvalue weighted by molar-refractivity contribution is 6.13. The molecule has 0 saturated carbocycles. The maximum absolute atomic E-state index is 6.97. The van der Waals surface area contributed by atoms with Crippen LogP contribution in [0.3, 0.4) is 0 Å². The number of hydrogen-bond donors (Lipinski definition) is 0. The molecule has 4 aliphatic rings. The summed E-state index contributed by atoms with van der Waals surface area (Å²) in [6.45, 7) is 4.79. The summed E-state index contributed by atoms with van der Waals surface area (Å²) in [5.74, 6) is 2.79. The quantitative estimate of drug-likeness (QED) is 0.174. The van der Waals surface area contributed by atoms with Gasteiger partial charge in [0.2, 0.25) is 0 Å². The molecule has 4 heteroatoms. The third-order valence-electron chi connectivity index (χ3n) is 11.9. The second-order valence-corrected chi connectivity index (χ2v) is 15.1. The number of pyridine rings is 1. The summed E-state index contributed by atoms with van der Waals surface area (Å²) in [6.07, 6.45) is 17.8. The molecule has 0 spiro atoms. The van der Waals surface area contributed by atoms with Gasteiger partial charge in [0.05, 0.1) is 0 Å². The van der Waals surface area contributed by atoms with Gasteiger partial charge in [-0.2, -0.15) is 0 Å². The summed E-state index contributed by atoms with van der Waals surface area (Å²) in [5, 5.41) is 4.95. The minimum absolute atomic E-state index is 0.00231. The maximum Gasteiger partial charge on any atom is 0.153 e. The van der Waals surface area contributed by atoms with Crippen molar-refractivity contribution in [3.8, 4) is 17.1 Å². The Morgan fingerprint density at radius 2 is 1.44 bits per heavy atom. The number of nitrogens with zero attached hydrogens (tertiary/aromatic N) is 2. The van der Waals surface area contributed by atoms with E-state index in [9.17, 15) is 0 Å². The summed E-state index contributed by atoms with van der Waals surface area (Å²) in [7, 11) is 0. The molecule has 0 amide bonds. The minimum Gasteiger partial charge on any atom is -0.484 e. The molecule has 0 fully saturated rings. The van der Waals surface area contributed by atoms with Crippen molar-refractivity contribution in [2.75, 3.05) is 4.90 Å². The second kappa shape index (κ2) is 10.9. The average Bonchev–Trinajstić information content (AvgIpc) is 3.86. The van der Waals surface area contributed by atoms with Crippen LogP contribution in [0.1, 0.15) is 42.4 Å². The van der Waals surface area contributed by atoms with E-state index in [0.29, 0.717) is 11.8 Å². The summed E-state index contributed by atoms with van der Waals surface area (Å²) in [6, 6.07) is 39.1. The number of furan rings is 1. The first-order valence-electron chi connectivity index (χ1n) is 18.3. The van der Waals surface area contributed by atoms with Crippen molar-refractivity contribution >= 4 is 44.0 Å². The Balaban J connectivity index is 1.04. The van der Waals surface area contributed by atoms with Gasteiger partial charge in [0.15, 0.2) is 5.58 Å². The van der Waals surface area contributed by atoms with Gasteiger partial charge in [-0.3, -0.25) is 4.98 Å². The van der Waals surface area contributed by atoms with Crippen LogP contribution in [0.25, 0.3) is 44.0 Å². The molecule has 250 valence electrons. The summed E-state index contributed by atoms with van der Waals surface area (Å²) in [4.78, 5) is 6.87. The summed E-state index contributed by atoms with van der Waals surface area (Å²) >= 11 is 0. The molecule has 0 bridgehead atoms. The lowest BCUT2D eigenvalue weighted by Crippen LogP contribution is -2.26. The number of aromatic nitrogens is 1. The van der Waals surface area contributed by atoms with Crippen LogP contribution in [0, 0.1) is 5.92 Å². The number of allylic oxidation sites excluding steroid dienone is 5. The van der Waals surface area contributed by atoms with E-state index >= 15 is 0 Å². The summed E-state index contributed by atoms with van der Waals surface area (Å²) in [5.41, 5.74) is 10.1. The molecule has 4 unspecified atom stereocenters. The van der Waals surface area contributed by atoms with Crippen LogP contribution in [0.2, 0.25) is 0 Å². The van der Waals surface area contributed by atoms with E-state index in [1.165, 1.54) is 38.2 Å². The second-order valence-electron chi connectivity index (χ2n) is 15.1. The molecule has 4 nitrogen and oxygen atoms in total. The molecule has 3 aliphatic carbocycles. The highest BCUT2D eigenvalue weighted by Gasteiger charge is 2.45. The van der Waals surface area contributed by atoms with Crippen molar-refractivity contribution in [3.63, 3.8) is 0 Å². The average molecular weight is 673 g/mol. The maximum atomic E-state index is 6.97. The SMILES string of the molecule is CC1(C)c2cc(N(C3=CC4Oc5c(c6ccccc6c6ccccc56)C4C=C3)c3ccc(-c4cc5ncccc5o4)cc3)ccc2C2C=CC=CC21. The van der Waals surface area contributed by atoms with Crippen molar-refractivity contribution in [1.82, 2.24) is 4.98 Å². The molecule has 3 heterocycles. The number of ether oxygens (including phenoxy) is 1. The lowest BCUT2D eigenvalue weighted by molar-refractivity contribution is 0.270. The van der Waals surface area contributed by atoms with Crippen LogP contribution in [-0.2, 0) is 5.41 Å². The normalized spacial score (nSPS) is 21.8. The van der Waals surface area contributed by atoms with E-state index in [1.807, 2.05) is 18.2 Å². The zero-order chi connectivity index (χ0) is 34.6. The third-order valence-corrected chi connectivity index (χ3v) is 11.9. The molecule has 11 rings (SSSR count). The first-order chi connectivity index (χ1) is 25.5. The molecule has 52 heavy (non-hydrogen) atoms. The number of anilines is 2. The predicted octanol–water partition coefficient (Wildman–Crippen LogP) is 12.1. The lowest BCUT2D eigenvalue weighted by Gasteiger charge is -2.32. The van der Waals surface area contributed by atoms with Crippen molar-refractivity contribution < 1.29 is 9.15 Å². The largest absolute Gasteiger partial charge is 0.484 e. The predicted molar refractivity (Wildman–Crippen MR) is 211 cm³/mol. The van der Waals surface area contributed by atoms with Crippen molar-refractivity contribution in [2.24, 2.45) is 5.92 Å². The molecule has 2 aromatic heterocycles. The first kappa shape index (κ1) is 29.6. The van der Waals surface area contributed by atoms with Gasteiger partial charge >= 0.3 is 0 Å². The summed E-state index contributed by atoms with van der Waals surface area (Å²) < 4.78 is 13.2. The Labute approximate surface area is 302 Å². The zero-order valence-electron chi connectivity index (χ0n) is 29.0. The van der Waals surface area contributed by atoms with E-state index in [0.717, 1.165) is 45.2 Å². The third kappa shape index (κ3) is 4.24. The van der Waals surface area contributed by atoms with E-state index in [-0.39, 0.29) is 17.4 Å². The Morgan fingerprint density at radius 1 is 0.692 bits per heavy atom. The molecule has 0 radical (unpaired) electrons. The van der Waals surface area contributed by atoms with Gasteiger partial charge < -0.3 is 14.1 Å². The highest BCUT2D eigenvalue weighted by Crippen LogP contribution is 2.55. The fraction of sp³-hybridized carbons (Fsp3) is 0.146. The molecule has 1 aliphatic heterocycles. The van der Waals surface area contributed by atoms with Crippen LogP contribution in [0.4, 0.5) is 11.4 Å². The fourth-order valence-electron chi connectivity index (χ4n) is 9.43. The zero-order valence-corrected chi connectivity index (χ0v) is 29.0. The molecule has 7 aromatic rings. The van der Waals surface area contributed by atoms with Crippen LogP contribution >= 0.6 is 0 Å². The minimum atomic E-state index is -0.127.